The van der Waals surface area contributed by atoms with Crippen LogP contribution in [0.4, 0.5) is 5.69 Å². The van der Waals surface area contributed by atoms with Gasteiger partial charge in [0.05, 0.1) is 37.7 Å². The molecule has 1 aromatic heterocycles. The van der Waals surface area contributed by atoms with Crippen molar-refractivity contribution in [1.29, 1.82) is 0 Å². The number of anilines is 1. The quantitative estimate of drug-likeness (QED) is 0.373. The fraction of sp³-hybridized carbons (Fsp3) is 0.160. The molecule has 1 N–H and O–H groups in total. The second-order valence-electron chi connectivity index (χ2n) is 7.36. The van der Waals surface area contributed by atoms with Crippen molar-refractivity contribution in [1.82, 2.24) is 4.98 Å². The maximum atomic E-state index is 13.1. The van der Waals surface area contributed by atoms with Gasteiger partial charge in [-0.05, 0) is 36.8 Å². The second kappa shape index (κ2) is 8.55. The van der Waals surface area contributed by atoms with Gasteiger partial charge in [0.2, 0.25) is 0 Å². The van der Waals surface area contributed by atoms with Crippen molar-refractivity contribution in [3.8, 4) is 11.5 Å². The predicted octanol–water partition coefficient (Wildman–Crippen LogP) is 4.03. The molecule has 1 saturated heterocycles. The summed E-state index contributed by atoms with van der Waals surface area (Å²) in [7, 11) is 3.03. The van der Waals surface area contributed by atoms with Crippen molar-refractivity contribution >= 4 is 23.1 Å². The Labute approximate surface area is 185 Å². The highest BCUT2D eigenvalue weighted by Gasteiger charge is 2.47. The number of hydrogen-bond acceptors (Lipinski definition) is 6. The van der Waals surface area contributed by atoms with E-state index in [1.54, 1.807) is 48.7 Å². The zero-order chi connectivity index (χ0) is 22.8. The van der Waals surface area contributed by atoms with E-state index in [0.717, 1.165) is 5.56 Å². The first-order chi connectivity index (χ1) is 15.5. The van der Waals surface area contributed by atoms with Gasteiger partial charge in [-0.1, -0.05) is 35.9 Å². The number of amides is 1. The predicted molar refractivity (Wildman–Crippen MR) is 120 cm³/mol. The number of pyridine rings is 1. The van der Waals surface area contributed by atoms with Crippen molar-refractivity contribution in [2.75, 3.05) is 19.1 Å². The van der Waals surface area contributed by atoms with Gasteiger partial charge in [0.1, 0.15) is 5.76 Å². The molecule has 0 aliphatic carbocycles. The Balaban J connectivity index is 1.96. The Morgan fingerprint density at radius 1 is 1.00 bits per heavy atom. The zero-order valence-corrected chi connectivity index (χ0v) is 17.9. The number of benzene rings is 2. The Bertz CT molecular complexity index is 1200. The van der Waals surface area contributed by atoms with Gasteiger partial charge in [-0.2, -0.15) is 0 Å². The zero-order valence-electron chi connectivity index (χ0n) is 17.9. The largest absolute Gasteiger partial charge is 0.507 e. The van der Waals surface area contributed by atoms with Gasteiger partial charge in [-0.15, -0.1) is 0 Å². The van der Waals surface area contributed by atoms with Crippen molar-refractivity contribution in [3.05, 3.63) is 89.3 Å². The van der Waals surface area contributed by atoms with Gasteiger partial charge in [-0.25, -0.2) is 0 Å². The van der Waals surface area contributed by atoms with E-state index in [1.807, 2.05) is 19.1 Å². The van der Waals surface area contributed by atoms with Gasteiger partial charge in [0, 0.05) is 11.8 Å². The number of ether oxygens (including phenoxy) is 2. The van der Waals surface area contributed by atoms with Crippen LogP contribution >= 0.6 is 0 Å². The number of carbonyl (C=O) groups is 2. The summed E-state index contributed by atoms with van der Waals surface area (Å²) in [4.78, 5) is 31.7. The average Bonchev–Trinajstić information content (AvgIpc) is 3.09. The second-order valence-corrected chi connectivity index (χ2v) is 7.36. The van der Waals surface area contributed by atoms with E-state index in [0.29, 0.717) is 28.3 Å². The molecule has 7 heteroatoms. The molecule has 32 heavy (non-hydrogen) atoms. The minimum absolute atomic E-state index is 0.00470. The minimum atomic E-state index is -0.875. The molecule has 0 spiro atoms. The Hall–Kier alpha value is -4.13. The normalized spacial score (nSPS) is 17.5. The number of aliphatic hydroxyl groups is 1. The van der Waals surface area contributed by atoms with Gasteiger partial charge in [0.15, 0.2) is 11.5 Å². The van der Waals surface area contributed by atoms with Crippen LogP contribution in [0.1, 0.15) is 22.7 Å². The summed E-state index contributed by atoms with van der Waals surface area (Å²) >= 11 is 0. The molecule has 1 aliphatic heterocycles. The lowest BCUT2D eigenvalue weighted by Gasteiger charge is -2.25. The van der Waals surface area contributed by atoms with Crippen LogP contribution in [-0.2, 0) is 9.59 Å². The summed E-state index contributed by atoms with van der Waals surface area (Å²) in [5.41, 5.74) is 2.48. The average molecular weight is 430 g/mol. The summed E-state index contributed by atoms with van der Waals surface area (Å²) in [5, 5.41) is 11.1. The van der Waals surface area contributed by atoms with Gasteiger partial charge < -0.3 is 14.6 Å². The van der Waals surface area contributed by atoms with E-state index in [-0.39, 0.29) is 11.3 Å². The number of ketones is 1. The third kappa shape index (κ3) is 3.58. The van der Waals surface area contributed by atoms with Crippen LogP contribution in [0, 0.1) is 6.92 Å². The fourth-order valence-electron chi connectivity index (χ4n) is 3.80. The van der Waals surface area contributed by atoms with Gasteiger partial charge in [0.25, 0.3) is 11.7 Å². The fourth-order valence-corrected chi connectivity index (χ4v) is 3.80. The highest BCUT2D eigenvalue weighted by atomic mass is 16.5. The molecule has 1 atom stereocenters. The molecular weight excluding hydrogens is 408 g/mol. The van der Waals surface area contributed by atoms with Crippen LogP contribution in [0.5, 0.6) is 11.5 Å². The number of Topliss-reactive ketones (excluding diaryl/α,β-unsaturated/α-hetero) is 1. The van der Waals surface area contributed by atoms with Crippen LogP contribution in [0.3, 0.4) is 0 Å². The van der Waals surface area contributed by atoms with E-state index in [9.17, 15) is 14.7 Å². The summed E-state index contributed by atoms with van der Waals surface area (Å²) in [6, 6.07) is 14.7. The van der Waals surface area contributed by atoms with Gasteiger partial charge in [-0.3, -0.25) is 19.5 Å². The third-order valence-electron chi connectivity index (χ3n) is 5.42. The smallest absolute Gasteiger partial charge is 0.300 e. The standard InChI is InChI=1S/C25H22N2O5/c1-15-6-8-16(9-7-15)23(28)21-22(17-10-11-19(31-2)20(13-17)32-3)27(25(30)24(21)29)18-5-4-12-26-14-18/h4-14,22,28H,1-3H3. The first-order valence-corrected chi connectivity index (χ1v) is 9.96. The summed E-state index contributed by atoms with van der Waals surface area (Å²) < 4.78 is 10.7. The van der Waals surface area contributed by atoms with E-state index in [1.165, 1.54) is 25.3 Å². The van der Waals surface area contributed by atoms with E-state index in [4.69, 9.17) is 9.47 Å². The number of aromatic nitrogens is 1. The molecule has 1 aliphatic rings. The first-order valence-electron chi connectivity index (χ1n) is 9.96. The number of methoxy groups -OCH3 is 2. The van der Waals surface area contributed by atoms with Crippen LogP contribution in [0.15, 0.2) is 72.6 Å². The SMILES string of the molecule is COc1ccc(C2C(=C(O)c3ccc(C)cc3)C(=O)C(=O)N2c2cccnc2)cc1OC. The molecule has 2 heterocycles. The molecular formula is C25H22N2O5. The first kappa shape index (κ1) is 21.1. The van der Waals surface area contributed by atoms with E-state index >= 15 is 0 Å². The molecule has 0 bridgehead atoms. The van der Waals surface area contributed by atoms with Crippen LogP contribution in [0.25, 0.3) is 5.76 Å². The maximum absolute atomic E-state index is 13.1. The Kier molecular flexibility index (Phi) is 5.64. The number of nitrogens with zero attached hydrogens (tertiary/aromatic N) is 2. The van der Waals surface area contributed by atoms with Crippen LogP contribution in [-0.4, -0.2) is 36.0 Å². The molecule has 1 amide bonds. The lowest BCUT2D eigenvalue weighted by Crippen LogP contribution is -2.29. The molecule has 7 nitrogen and oxygen atoms in total. The molecule has 162 valence electrons. The number of carbonyl (C=O) groups excluding carboxylic acids is 2. The minimum Gasteiger partial charge on any atom is -0.507 e. The summed E-state index contributed by atoms with van der Waals surface area (Å²) in [6.45, 7) is 1.93. The summed E-state index contributed by atoms with van der Waals surface area (Å²) in [6.07, 6.45) is 3.09. The molecule has 2 aromatic carbocycles. The third-order valence-corrected chi connectivity index (χ3v) is 5.42. The van der Waals surface area contributed by atoms with E-state index < -0.39 is 17.7 Å². The molecule has 0 radical (unpaired) electrons. The van der Waals surface area contributed by atoms with Crippen molar-refractivity contribution < 1.29 is 24.2 Å². The van der Waals surface area contributed by atoms with Crippen LogP contribution in [0.2, 0.25) is 0 Å². The van der Waals surface area contributed by atoms with E-state index in [2.05, 4.69) is 4.98 Å². The Morgan fingerprint density at radius 3 is 2.34 bits per heavy atom. The number of rotatable bonds is 5. The van der Waals surface area contributed by atoms with Crippen molar-refractivity contribution in [2.45, 2.75) is 13.0 Å². The molecule has 4 rings (SSSR count). The maximum Gasteiger partial charge on any atom is 0.300 e. The topological polar surface area (TPSA) is 89.0 Å². The lowest BCUT2D eigenvalue weighted by atomic mass is 9.94. The molecule has 3 aromatic rings. The lowest BCUT2D eigenvalue weighted by molar-refractivity contribution is -0.132. The molecule has 1 unspecified atom stereocenters. The highest BCUT2D eigenvalue weighted by Crippen LogP contribution is 2.43. The number of aryl methyl sites for hydroxylation is 1. The monoisotopic (exact) mass is 430 g/mol. The summed E-state index contributed by atoms with van der Waals surface area (Å²) in [5.74, 6) is -0.807. The van der Waals surface area contributed by atoms with Crippen molar-refractivity contribution in [3.63, 3.8) is 0 Å². The number of hydrogen-bond donors (Lipinski definition) is 1. The van der Waals surface area contributed by atoms with Gasteiger partial charge >= 0.3 is 0 Å². The molecule has 1 fully saturated rings. The number of aliphatic hydroxyl groups excluding tert-OH is 1. The van der Waals surface area contributed by atoms with Crippen LogP contribution < -0.4 is 14.4 Å². The highest BCUT2D eigenvalue weighted by molar-refractivity contribution is 6.51. The van der Waals surface area contributed by atoms with Crippen molar-refractivity contribution in [2.24, 2.45) is 0 Å². The molecule has 0 saturated carbocycles. The Morgan fingerprint density at radius 2 is 1.72 bits per heavy atom.